The number of rotatable bonds is 5. The number of benzene rings is 2. The maximum Gasteiger partial charge on any atom is 0.339 e. The first-order valence-electron chi connectivity index (χ1n) is 8.83. The van der Waals surface area contributed by atoms with Gasteiger partial charge in [0.15, 0.2) is 17.6 Å². The van der Waals surface area contributed by atoms with Crippen LogP contribution in [-0.2, 0) is 9.53 Å². The fourth-order valence-corrected chi connectivity index (χ4v) is 2.55. The van der Waals surface area contributed by atoms with Gasteiger partial charge in [0, 0.05) is 5.56 Å². The largest absolute Gasteiger partial charge is 0.493 e. The number of ether oxygens (including phenoxy) is 4. The molecule has 1 atom stereocenters. The number of nitrogens with one attached hydrogen (secondary N) is 2. The molecule has 0 spiro atoms. The third kappa shape index (κ3) is 4.75. The van der Waals surface area contributed by atoms with Gasteiger partial charge in [0.25, 0.3) is 11.8 Å². The molecule has 0 radical (unpaired) electrons. The van der Waals surface area contributed by atoms with Crippen LogP contribution in [0.2, 0.25) is 0 Å². The normalized spacial score (nSPS) is 13.0. The van der Waals surface area contributed by atoms with E-state index >= 15 is 0 Å². The van der Waals surface area contributed by atoms with Crippen LogP contribution in [-0.4, -0.2) is 44.2 Å². The molecular formula is C20H20N2O7. The number of hydrogen-bond acceptors (Lipinski definition) is 7. The minimum absolute atomic E-state index is 0.138. The molecule has 0 aliphatic carbocycles. The van der Waals surface area contributed by atoms with Gasteiger partial charge in [0.2, 0.25) is 5.75 Å². The van der Waals surface area contributed by atoms with Crippen LogP contribution in [0.5, 0.6) is 17.2 Å². The number of hydrogen-bond donors (Lipinski definition) is 2. The van der Waals surface area contributed by atoms with Gasteiger partial charge in [-0.2, -0.15) is 0 Å². The summed E-state index contributed by atoms with van der Waals surface area (Å²) in [5.74, 6) is -0.848. The lowest BCUT2D eigenvalue weighted by atomic mass is 10.1. The van der Waals surface area contributed by atoms with E-state index in [4.69, 9.17) is 18.9 Å². The molecule has 0 aromatic heterocycles. The summed E-state index contributed by atoms with van der Waals surface area (Å²) in [5, 5.41) is 0. The molecule has 0 saturated heterocycles. The highest BCUT2D eigenvalue weighted by molar-refractivity contribution is 5.96. The minimum atomic E-state index is -1.15. The predicted molar refractivity (Wildman–Crippen MR) is 101 cm³/mol. The van der Waals surface area contributed by atoms with Crippen LogP contribution in [0.25, 0.3) is 0 Å². The van der Waals surface area contributed by atoms with E-state index in [1.807, 2.05) is 0 Å². The number of hydrazine groups is 1. The Bertz CT molecular complexity index is 897. The highest BCUT2D eigenvalue weighted by Crippen LogP contribution is 2.40. The van der Waals surface area contributed by atoms with Gasteiger partial charge < -0.3 is 18.9 Å². The van der Waals surface area contributed by atoms with Gasteiger partial charge in [-0.15, -0.1) is 0 Å². The third-order valence-corrected chi connectivity index (χ3v) is 4.05. The first-order valence-corrected chi connectivity index (χ1v) is 8.83. The van der Waals surface area contributed by atoms with Crippen LogP contribution in [0.15, 0.2) is 42.5 Å². The van der Waals surface area contributed by atoms with Crippen molar-refractivity contribution in [2.45, 2.75) is 13.0 Å². The summed E-state index contributed by atoms with van der Waals surface area (Å²) in [6, 6.07) is 11.3. The van der Waals surface area contributed by atoms with Gasteiger partial charge in [-0.05, 0) is 31.2 Å². The molecular weight excluding hydrogens is 380 g/mol. The molecule has 9 heteroatoms. The summed E-state index contributed by atoms with van der Waals surface area (Å²) in [4.78, 5) is 36.5. The number of amides is 2. The highest BCUT2D eigenvalue weighted by Gasteiger charge is 2.24. The summed E-state index contributed by atoms with van der Waals surface area (Å²) in [6.07, 6.45) is -1.15. The zero-order chi connectivity index (χ0) is 20.8. The van der Waals surface area contributed by atoms with E-state index in [-0.39, 0.29) is 5.56 Å². The maximum atomic E-state index is 12.4. The Morgan fingerprint density at radius 2 is 1.72 bits per heavy atom. The van der Waals surface area contributed by atoms with Crippen LogP contribution in [0, 0.1) is 0 Å². The van der Waals surface area contributed by atoms with E-state index < -0.39 is 23.9 Å². The summed E-state index contributed by atoms with van der Waals surface area (Å²) < 4.78 is 21.4. The van der Waals surface area contributed by atoms with Crippen molar-refractivity contribution in [1.29, 1.82) is 0 Å². The van der Waals surface area contributed by atoms with Crippen LogP contribution in [0.3, 0.4) is 0 Å². The van der Waals surface area contributed by atoms with Crippen molar-refractivity contribution in [2.24, 2.45) is 0 Å². The third-order valence-electron chi connectivity index (χ3n) is 4.05. The van der Waals surface area contributed by atoms with Crippen LogP contribution in [0.4, 0.5) is 0 Å². The smallest absolute Gasteiger partial charge is 0.339 e. The Kier molecular flexibility index (Phi) is 6.18. The standard InChI is InChI=1S/C20H20N2O7/c1-12(18(23)21-22-19(24)13-6-4-3-5-7-13)29-20(25)14-10-15(26-2)17-16(11-14)27-8-9-28-17/h3-7,10-12H,8-9H2,1-2H3,(H,21,23)(H,22,24)/t12-/m0/s1. The van der Waals surface area contributed by atoms with E-state index in [2.05, 4.69) is 10.9 Å². The molecule has 0 unspecified atom stereocenters. The molecule has 3 rings (SSSR count). The summed E-state index contributed by atoms with van der Waals surface area (Å²) in [6.45, 7) is 2.10. The maximum absolute atomic E-state index is 12.4. The Morgan fingerprint density at radius 3 is 2.45 bits per heavy atom. The zero-order valence-corrected chi connectivity index (χ0v) is 15.9. The molecule has 2 aromatic carbocycles. The SMILES string of the molecule is COc1cc(C(=O)O[C@@H](C)C(=O)NNC(=O)c2ccccc2)cc2c1OCCO2. The van der Waals surface area contributed by atoms with Crippen molar-refractivity contribution in [3.8, 4) is 17.2 Å². The topological polar surface area (TPSA) is 112 Å². The molecule has 2 aromatic rings. The molecule has 9 nitrogen and oxygen atoms in total. The second kappa shape index (κ2) is 8.96. The average molecular weight is 400 g/mol. The summed E-state index contributed by atoms with van der Waals surface area (Å²) in [7, 11) is 1.44. The quantitative estimate of drug-likeness (QED) is 0.577. The van der Waals surface area contributed by atoms with Gasteiger partial charge in [-0.25, -0.2) is 4.79 Å². The van der Waals surface area contributed by atoms with Crippen molar-refractivity contribution < 1.29 is 33.3 Å². The van der Waals surface area contributed by atoms with Crippen molar-refractivity contribution >= 4 is 17.8 Å². The van der Waals surface area contributed by atoms with Crippen molar-refractivity contribution in [3.63, 3.8) is 0 Å². The fraction of sp³-hybridized carbons (Fsp3) is 0.250. The van der Waals surface area contributed by atoms with E-state index in [0.717, 1.165) is 0 Å². The average Bonchev–Trinajstić information content (AvgIpc) is 2.76. The molecule has 0 bridgehead atoms. The Morgan fingerprint density at radius 1 is 1.00 bits per heavy atom. The van der Waals surface area contributed by atoms with Crippen LogP contribution >= 0.6 is 0 Å². The summed E-state index contributed by atoms with van der Waals surface area (Å²) >= 11 is 0. The number of esters is 1. The van der Waals surface area contributed by atoms with Gasteiger partial charge in [-0.1, -0.05) is 18.2 Å². The van der Waals surface area contributed by atoms with Crippen molar-refractivity contribution in [2.75, 3.05) is 20.3 Å². The van der Waals surface area contributed by atoms with Crippen molar-refractivity contribution in [3.05, 3.63) is 53.6 Å². The first kappa shape index (κ1) is 20.0. The van der Waals surface area contributed by atoms with Crippen LogP contribution in [0.1, 0.15) is 27.6 Å². The fourth-order valence-electron chi connectivity index (χ4n) is 2.55. The summed E-state index contributed by atoms with van der Waals surface area (Å²) in [5.41, 5.74) is 5.00. The van der Waals surface area contributed by atoms with Crippen LogP contribution < -0.4 is 25.1 Å². The Labute approximate surface area is 166 Å². The number of carbonyl (C=O) groups excluding carboxylic acids is 3. The van der Waals surface area contributed by atoms with E-state index in [9.17, 15) is 14.4 Å². The molecule has 2 N–H and O–H groups in total. The van der Waals surface area contributed by atoms with Crippen molar-refractivity contribution in [1.82, 2.24) is 10.9 Å². The van der Waals surface area contributed by atoms with E-state index in [1.54, 1.807) is 30.3 Å². The predicted octanol–water partition coefficient (Wildman–Crippen LogP) is 1.47. The molecule has 2 amide bonds. The number of methoxy groups -OCH3 is 1. The molecule has 1 aliphatic heterocycles. The van der Waals surface area contributed by atoms with Gasteiger partial charge in [0.1, 0.15) is 13.2 Å². The molecule has 0 fully saturated rings. The van der Waals surface area contributed by atoms with E-state index in [0.29, 0.717) is 36.0 Å². The Hall–Kier alpha value is -3.75. The molecule has 29 heavy (non-hydrogen) atoms. The lowest BCUT2D eigenvalue weighted by Gasteiger charge is -2.21. The Balaban J connectivity index is 1.60. The lowest BCUT2D eigenvalue weighted by Crippen LogP contribution is -2.46. The van der Waals surface area contributed by atoms with E-state index in [1.165, 1.54) is 26.2 Å². The number of fused-ring (bicyclic) bond motifs is 1. The molecule has 1 aliphatic rings. The second-order valence-electron chi connectivity index (χ2n) is 6.06. The van der Waals surface area contributed by atoms with Gasteiger partial charge in [-0.3, -0.25) is 20.4 Å². The first-order chi connectivity index (χ1) is 14.0. The second-order valence-corrected chi connectivity index (χ2v) is 6.06. The molecule has 0 saturated carbocycles. The number of carbonyl (C=O) groups is 3. The zero-order valence-electron chi connectivity index (χ0n) is 15.9. The molecule has 152 valence electrons. The minimum Gasteiger partial charge on any atom is -0.493 e. The lowest BCUT2D eigenvalue weighted by molar-refractivity contribution is -0.129. The van der Waals surface area contributed by atoms with Gasteiger partial charge >= 0.3 is 5.97 Å². The highest BCUT2D eigenvalue weighted by atomic mass is 16.6. The molecule has 1 heterocycles. The monoisotopic (exact) mass is 400 g/mol. The van der Waals surface area contributed by atoms with Gasteiger partial charge in [0.05, 0.1) is 12.7 Å².